The maximum Gasteiger partial charge on any atom is 0.0602 e. The largest absolute Gasteiger partial charge is 0.395 e. The molecule has 1 aliphatic rings. The van der Waals surface area contributed by atoms with E-state index in [1.165, 1.54) is 25.7 Å². The van der Waals surface area contributed by atoms with E-state index in [-0.39, 0.29) is 18.7 Å². The summed E-state index contributed by atoms with van der Waals surface area (Å²) in [5.41, 5.74) is 6.27. The summed E-state index contributed by atoms with van der Waals surface area (Å²) >= 11 is 0. The van der Waals surface area contributed by atoms with Crippen LogP contribution in [0.1, 0.15) is 52.9 Å². The summed E-state index contributed by atoms with van der Waals surface area (Å²) in [6.07, 6.45) is 6.21. The van der Waals surface area contributed by atoms with Crippen LogP contribution in [-0.2, 0) is 0 Å². The van der Waals surface area contributed by atoms with Crippen LogP contribution in [0, 0.1) is 5.92 Å². The lowest BCUT2D eigenvalue weighted by molar-refractivity contribution is 0.0682. The van der Waals surface area contributed by atoms with Gasteiger partial charge in [0.25, 0.3) is 0 Å². The maximum atomic E-state index is 9.65. The van der Waals surface area contributed by atoms with E-state index in [9.17, 15) is 5.11 Å². The molecule has 0 heterocycles. The smallest absolute Gasteiger partial charge is 0.0602 e. The molecule has 0 aliphatic heterocycles. The summed E-state index contributed by atoms with van der Waals surface area (Å²) in [5, 5.41) is 9.65. The van der Waals surface area contributed by atoms with Gasteiger partial charge in [-0.25, -0.2) is 0 Å². The molecule has 3 nitrogen and oxygen atoms in total. The number of likely N-dealkylation sites (N-methyl/N-ethyl adjacent to an activating group) is 1. The van der Waals surface area contributed by atoms with Crippen molar-refractivity contribution < 1.29 is 5.11 Å². The standard InChI is InChI=1S/C14H30N2O/c1-4-16(12-7-5-6-8-12)14(10-17)13(15)9-11(2)3/h11-14,17H,4-10,15H2,1-3H3. The normalized spacial score (nSPS) is 21.4. The monoisotopic (exact) mass is 242 g/mol. The van der Waals surface area contributed by atoms with Crippen molar-refractivity contribution in [2.24, 2.45) is 11.7 Å². The summed E-state index contributed by atoms with van der Waals surface area (Å²) < 4.78 is 0. The molecular weight excluding hydrogens is 212 g/mol. The van der Waals surface area contributed by atoms with Crippen LogP contribution in [0.3, 0.4) is 0 Å². The van der Waals surface area contributed by atoms with Crippen LogP contribution in [0.15, 0.2) is 0 Å². The highest BCUT2D eigenvalue weighted by atomic mass is 16.3. The Morgan fingerprint density at radius 2 is 1.88 bits per heavy atom. The molecule has 1 aliphatic carbocycles. The lowest BCUT2D eigenvalue weighted by atomic mass is 9.96. The van der Waals surface area contributed by atoms with Crippen molar-refractivity contribution in [2.75, 3.05) is 13.2 Å². The third-order valence-electron chi connectivity index (χ3n) is 4.01. The average Bonchev–Trinajstić information content (AvgIpc) is 2.77. The predicted octanol–water partition coefficient (Wildman–Crippen LogP) is 1.99. The van der Waals surface area contributed by atoms with Gasteiger partial charge in [0.1, 0.15) is 0 Å². The average molecular weight is 242 g/mol. The van der Waals surface area contributed by atoms with Crippen LogP contribution >= 0.6 is 0 Å². The van der Waals surface area contributed by atoms with Crippen LogP contribution in [0.2, 0.25) is 0 Å². The number of hydrogen-bond acceptors (Lipinski definition) is 3. The van der Waals surface area contributed by atoms with Crippen molar-refractivity contribution in [2.45, 2.75) is 71.0 Å². The Balaban J connectivity index is 2.61. The van der Waals surface area contributed by atoms with Gasteiger partial charge in [-0.05, 0) is 31.7 Å². The van der Waals surface area contributed by atoms with Gasteiger partial charge in [0, 0.05) is 18.1 Å². The number of nitrogens with two attached hydrogens (primary N) is 1. The number of nitrogens with zero attached hydrogens (tertiary/aromatic N) is 1. The molecule has 0 bridgehead atoms. The minimum Gasteiger partial charge on any atom is -0.395 e. The first-order valence-corrected chi connectivity index (χ1v) is 7.22. The zero-order chi connectivity index (χ0) is 12.8. The third-order valence-corrected chi connectivity index (χ3v) is 4.01. The van der Waals surface area contributed by atoms with Gasteiger partial charge >= 0.3 is 0 Å². The molecule has 0 amide bonds. The van der Waals surface area contributed by atoms with Crippen LogP contribution < -0.4 is 5.73 Å². The van der Waals surface area contributed by atoms with E-state index in [0.29, 0.717) is 12.0 Å². The summed E-state index contributed by atoms with van der Waals surface area (Å²) in [6.45, 7) is 7.77. The Labute approximate surface area is 106 Å². The van der Waals surface area contributed by atoms with Crippen LogP contribution in [0.4, 0.5) is 0 Å². The Hall–Kier alpha value is -0.120. The second kappa shape index (κ2) is 7.34. The Kier molecular flexibility index (Phi) is 6.45. The molecule has 0 aromatic heterocycles. The second-order valence-corrected chi connectivity index (χ2v) is 5.81. The fraction of sp³-hybridized carbons (Fsp3) is 1.00. The van der Waals surface area contributed by atoms with E-state index in [1.54, 1.807) is 0 Å². The first kappa shape index (κ1) is 14.9. The van der Waals surface area contributed by atoms with E-state index in [4.69, 9.17) is 5.73 Å². The molecule has 1 fully saturated rings. The molecule has 0 saturated heterocycles. The predicted molar refractivity (Wildman–Crippen MR) is 72.9 cm³/mol. The van der Waals surface area contributed by atoms with Crippen LogP contribution in [-0.4, -0.2) is 41.3 Å². The van der Waals surface area contributed by atoms with E-state index >= 15 is 0 Å². The van der Waals surface area contributed by atoms with Crippen molar-refractivity contribution >= 4 is 0 Å². The Bertz CT molecular complexity index is 202. The van der Waals surface area contributed by atoms with E-state index in [2.05, 4.69) is 25.7 Å². The van der Waals surface area contributed by atoms with Crippen molar-refractivity contribution in [3.63, 3.8) is 0 Å². The lowest BCUT2D eigenvalue weighted by Crippen LogP contribution is -2.53. The molecule has 3 N–H and O–H groups in total. The van der Waals surface area contributed by atoms with Crippen LogP contribution in [0.5, 0.6) is 0 Å². The van der Waals surface area contributed by atoms with Gasteiger partial charge in [-0.1, -0.05) is 33.6 Å². The first-order chi connectivity index (χ1) is 8.10. The van der Waals surface area contributed by atoms with E-state index in [0.717, 1.165) is 13.0 Å². The van der Waals surface area contributed by atoms with Crippen molar-refractivity contribution in [1.82, 2.24) is 4.90 Å². The zero-order valence-electron chi connectivity index (χ0n) is 11.7. The van der Waals surface area contributed by atoms with Crippen molar-refractivity contribution in [3.05, 3.63) is 0 Å². The highest BCUT2D eigenvalue weighted by Gasteiger charge is 2.30. The van der Waals surface area contributed by atoms with E-state index in [1.807, 2.05) is 0 Å². The molecule has 1 saturated carbocycles. The molecule has 1 rings (SSSR count). The topological polar surface area (TPSA) is 49.5 Å². The van der Waals surface area contributed by atoms with Gasteiger partial charge in [0.2, 0.25) is 0 Å². The fourth-order valence-corrected chi connectivity index (χ4v) is 3.19. The molecule has 17 heavy (non-hydrogen) atoms. The minimum absolute atomic E-state index is 0.0977. The van der Waals surface area contributed by atoms with Crippen molar-refractivity contribution in [3.8, 4) is 0 Å². The molecule has 0 spiro atoms. The van der Waals surface area contributed by atoms with Crippen molar-refractivity contribution in [1.29, 1.82) is 0 Å². The summed E-state index contributed by atoms with van der Waals surface area (Å²) in [4.78, 5) is 2.44. The number of aliphatic hydroxyl groups excluding tert-OH is 1. The SMILES string of the molecule is CCN(C1CCCC1)C(CO)C(N)CC(C)C. The van der Waals surface area contributed by atoms with Gasteiger partial charge < -0.3 is 10.8 Å². The van der Waals surface area contributed by atoms with Crippen LogP contribution in [0.25, 0.3) is 0 Å². The highest BCUT2D eigenvalue weighted by molar-refractivity contribution is 4.88. The van der Waals surface area contributed by atoms with Gasteiger partial charge in [-0.15, -0.1) is 0 Å². The molecule has 0 aromatic rings. The summed E-state index contributed by atoms with van der Waals surface area (Å²) in [7, 11) is 0. The second-order valence-electron chi connectivity index (χ2n) is 5.81. The molecule has 0 aromatic carbocycles. The van der Waals surface area contributed by atoms with Gasteiger partial charge in [0.05, 0.1) is 6.61 Å². The lowest BCUT2D eigenvalue weighted by Gasteiger charge is -2.38. The molecule has 0 radical (unpaired) electrons. The molecule has 2 atom stereocenters. The van der Waals surface area contributed by atoms with Gasteiger partial charge in [-0.2, -0.15) is 0 Å². The minimum atomic E-state index is 0.0977. The fourth-order valence-electron chi connectivity index (χ4n) is 3.19. The maximum absolute atomic E-state index is 9.65. The number of aliphatic hydroxyl groups is 1. The zero-order valence-corrected chi connectivity index (χ0v) is 11.7. The Morgan fingerprint density at radius 1 is 1.29 bits per heavy atom. The summed E-state index contributed by atoms with van der Waals surface area (Å²) in [6, 6.07) is 0.890. The summed E-state index contributed by atoms with van der Waals surface area (Å²) in [5.74, 6) is 0.598. The number of rotatable bonds is 7. The van der Waals surface area contributed by atoms with E-state index < -0.39 is 0 Å². The molecular formula is C14H30N2O. The molecule has 2 unspecified atom stereocenters. The number of hydrogen-bond donors (Lipinski definition) is 2. The first-order valence-electron chi connectivity index (χ1n) is 7.22. The molecule has 102 valence electrons. The van der Waals surface area contributed by atoms with Gasteiger partial charge in [0.15, 0.2) is 0 Å². The Morgan fingerprint density at radius 3 is 2.29 bits per heavy atom. The quantitative estimate of drug-likeness (QED) is 0.718. The van der Waals surface area contributed by atoms with Gasteiger partial charge in [-0.3, -0.25) is 4.90 Å². The highest BCUT2D eigenvalue weighted by Crippen LogP contribution is 2.26. The molecule has 3 heteroatoms. The third kappa shape index (κ3) is 4.23.